The quantitative estimate of drug-likeness (QED) is 0.675. The van der Waals surface area contributed by atoms with E-state index < -0.39 is 0 Å². The van der Waals surface area contributed by atoms with Gasteiger partial charge in [0.05, 0.1) is 16.3 Å². The van der Waals surface area contributed by atoms with Gasteiger partial charge in [-0.15, -0.1) is 0 Å². The van der Waals surface area contributed by atoms with E-state index in [0.717, 1.165) is 5.69 Å². The maximum absolute atomic E-state index is 11.1. The molecule has 0 aliphatic carbocycles. The third-order valence-corrected chi connectivity index (χ3v) is 3.47. The summed E-state index contributed by atoms with van der Waals surface area (Å²) in [6.45, 7) is 5.90. The molecule has 2 rings (SSSR count). The van der Waals surface area contributed by atoms with Gasteiger partial charge in [-0.1, -0.05) is 6.07 Å². The SMILES string of the molecule is Cc1cnc(CNC(C)c2ccccn2)c(C)c1[N+](=O)[O-]. The Morgan fingerprint density at radius 1 is 1.33 bits per heavy atom. The highest BCUT2D eigenvalue weighted by molar-refractivity contribution is 5.47. The Hall–Kier alpha value is -2.34. The van der Waals surface area contributed by atoms with Crippen LogP contribution in [0.2, 0.25) is 0 Å². The minimum Gasteiger partial charge on any atom is -0.303 e. The zero-order valence-corrected chi connectivity index (χ0v) is 12.3. The fraction of sp³-hybridized carbons (Fsp3) is 0.333. The Morgan fingerprint density at radius 2 is 2.10 bits per heavy atom. The van der Waals surface area contributed by atoms with Gasteiger partial charge in [-0.25, -0.2) is 0 Å². The monoisotopic (exact) mass is 286 g/mol. The first-order valence-electron chi connectivity index (χ1n) is 6.74. The highest BCUT2D eigenvalue weighted by Crippen LogP contribution is 2.24. The van der Waals surface area contributed by atoms with Crippen LogP contribution in [0.1, 0.15) is 35.5 Å². The van der Waals surface area contributed by atoms with Gasteiger partial charge < -0.3 is 5.32 Å². The highest BCUT2D eigenvalue weighted by atomic mass is 16.6. The lowest BCUT2D eigenvalue weighted by atomic mass is 10.1. The number of nitro groups is 1. The van der Waals surface area contributed by atoms with Gasteiger partial charge in [-0.05, 0) is 32.9 Å². The summed E-state index contributed by atoms with van der Waals surface area (Å²) in [5.74, 6) is 0. The lowest BCUT2D eigenvalue weighted by Crippen LogP contribution is -2.20. The molecule has 110 valence electrons. The van der Waals surface area contributed by atoms with Gasteiger partial charge in [0.2, 0.25) is 0 Å². The van der Waals surface area contributed by atoms with Gasteiger partial charge in [0, 0.05) is 36.1 Å². The van der Waals surface area contributed by atoms with Crippen LogP contribution >= 0.6 is 0 Å². The number of hydrogen-bond acceptors (Lipinski definition) is 5. The van der Waals surface area contributed by atoms with Crippen molar-refractivity contribution in [2.45, 2.75) is 33.4 Å². The first-order valence-corrected chi connectivity index (χ1v) is 6.74. The van der Waals surface area contributed by atoms with E-state index >= 15 is 0 Å². The van der Waals surface area contributed by atoms with E-state index in [1.54, 1.807) is 26.2 Å². The summed E-state index contributed by atoms with van der Waals surface area (Å²) in [7, 11) is 0. The Labute approximate surface area is 123 Å². The molecule has 6 nitrogen and oxygen atoms in total. The molecule has 0 saturated heterocycles. The smallest absolute Gasteiger partial charge is 0.278 e. The normalized spacial score (nSPS) is 12.1. The number of rotatable bonds is 5. The second-order valence-corrected chi connectivity index (χ2v) is 4.98. The molecule has 0 saturated carbocycles. The van der Waals surface area contributed by atoms with E-state index in [2.05, 4.69) is 15.3 Å². The number of hydrogen-bond donors (Lipinski definition) is 1. The van der Waals surface area contributed by atoms with Crippen molar-refractivity contribution in [1.29, 1.82) is 0 Å². The van der Waals surface area contributed by atoms with Crippen LogP contribution in [0.5, 0.6) is 0 Å². The first kappa shape index (κ1) is 15.1. The van der Waals surface area contributed by atoms with Gasteiger partial charge in [0.25, 0.3) is 5.69 Å². The molecule has 0 aliphatic rings. The summed E-state index contributed by atoms with van der Waals surface area (Å²) >= 11 is 0. The van der Waals surface area contributed by atoms with Crippen molar-refractivity contribution in [3.8, 4) is 0 Å². The Bertz CT molecular complexity index is 644. The average Bonchev–Trinajstić information content (AvgIpc) is 2.46. The van der Waals surface area contributed by atoms with E-state index in [1.807, 2.05) is 25.1 Å². The van der Waals surface area contributed by atoms with Crippen LogP contribution in [0.25, 0.3) is 0 Å². The molecule has 0 aromatic carbocycles. The molecule has 0 aliphatic heterocycles. The van der Waals surface area contributed by atoms with E-state index in [4.69, 9.17) is 0 Å². The summed E-state index contributed by atoms with van der Waals surface area (Å²) in [6.07, 6.45) is 3.29. The predicted molar refractivity (Wildman–Crippen MR) is 79.9 cm³/mol. The van der Waals surface area contributed by atoms with Crippen molar-refractivity contribution in [3.05, 3.63) is 63.2 Å². The summed E-state index contributed by atoms with van der Waals surface area (Å²) in [5, 5.41) is 14.4. The minimum absolute atomic E-state index is 0.0489. The predicted octanol–water partition coefficient (Wildman–Crippen LogP) is 2.85. The molecule has 0 radical (unpaired) electrons. The topological polar surface area (TPSA) is 81.0 Å². The van der Waals surface area contributed by atoms with E-state index in [0.29, 0.717) is 23.4 Å². The molecule has 0 bridgehead atoms. The zero-order chi connectivity index (χ0) is 15.4. The fourth-order valence-electron chi connectivity index (χ4n) is 2.21. The maximum atomic E-state index is 11.1. The van der Waals surface area contributed by atoms with Crippen LogP contribution in [-0.2, 0) is 6.54 Å². The van der Waals surface area contributed by atoms with Crippen molar-refractivity contribution >= 4 is 5.69 Å². The summed E-state index contributed by atoms with van der Waals surface area (Å²) in [6, 6.07) is 5.79. The first-order chi connectivity index (χ1) is 10.0. The number of nitrogens with zero attached hydrogens (tertiary/aromatic N) is 3. The lowest BCUT2D eigenvalue weighted by molar-refractivity contribution is -0.386. The van der Waals surface area contributed by atoms with E-state index in [1.165, 1.54) is 0 Å². The molecule has 0 spiro atoms. The highest BCUT2D eigenvalue weighted by Gasteiger charge is 2.19. The van der Waals surface area contributed by atoms with E-state index in [-0.39, 0.29) is 16.7 Å². The standard InChI is InChI=1S/C15H18N4O2/c1-10-8-18-14(11(2)15(10)19(20)21)9-17-12(3)13-6-4-5-7-16-13/h4-8,12,17H,9H2,1-3H3. The summed E-state index contributed by atoms with van der Waals surface area (Å²) < 4.78 is 0. The van der Waals surface area contributed by atoms with Crippen LogP contribution in [-0.4, -0.2) is 14.9 Å². The van der Waals surface area contributed by atoms with Gasteiger partial charge >= 0.3 is 0 Å². The van der Waals surface area contributed by atoms with Crippen LogP contribution in [0.4, 0.5) is 5.69 Å². The maximum Gasteiger partial charge on any atom is 0.278 e. The van der Waals surface area contributed by atoms with Crippen LogP contribution in [0.3, 0.4) is 0 Å². The molecule has 0 fully saturated rings. The van der Waals surface area contributed by atoms with Gasteiger partial charge in [0.15, 0.2) is 0 Å². The summed E-state index contributed by atoms with van der Waals surface area (Å²) in [5.41, 5.74) is 2.96. The Balaban J connectivity index is 2.14. The average molecular weight is 286 g/mol. The lowest BCUT2D eigenvalue weighted by Gasteiger charge is -2.14. The molecule has 1 atom stereocenters. The Morgan fingerprint density at radius 3 is 2.71 bits per heavy atom. The van der Waals surface area contributed by atoms with Crippen LogP contribution in [0.15, 0.2) is 30.6 Å². The largest absolute Gasteiger partial charge is 0.303 e. The van der Waals surface area contributed by atoms with Gasteiger partial charge in [0.1, 0.15) is 0 Å². The second-order valence-electron chi connectivity index (χ2n) is 4.98. The fourth-order valence-corrected chi connectivity index (χ4v) is 2.21. The van der Waals surface area contributed by atoms with Crippen LogP contribution in [0, 0.1) is 24.0 Å². The molecule has 2 aromatic heterocycles. The van der Waals surface area contributed by atoms with Gasteiger partial charge in [-0.2, -0.15) is 0 Å². The molecular weight excluding hydrogens is 268 g/mol. The second kappa shape index (κ2) is 6.41. The number of pyridine rings is 2. The van der Waals surface area contributed by atoms with Crippen molar-refractivity contribution in [2.24, 2.45) is 0 Å². The van der Waals surface area contributed by atoms with Crippen molar-refractivity contribution in [3.63, 3.8) is 0 Å². The van der Waals surface area contributed by atoms with Crippen molar-refractivity contribution < 1.29 is 4.92 Å². The molecule has 2 heterocycles. The minimum atomic E-state index is -0.349. The molecule has 2 aromatic rings. The van der Waals surface area contributed by atoms with Crippen molar-refractivity contribution in [1.82, 2.24) is 15.3 Å². The van der Waals surface area contributed by atoms with Crippen LogP contribution < -0.4 is 5.32 Å². The molecule has 0 amide bonds. The zero-order valence-electron chi connectivity index (χ0n) is 12.3. The number of aryl methyl sites for hydroxylation is 1. The van der Waals surface area contributed by atoms with Crippen molar-refractivity contribution in [2.75, 3.05) is 0 Å². The number of nitrogens with one attached hydrogen (secondary N) is 1. The molecule has 1 N–H and O–H groups in total. The van der Waals surface area contributed by atoms with E-state index in [9.17, 15) is 10.1 Å². The molecular formula is C15H18N4O2. The number of aromatic nitrogens is 2. The molecule has 6 heteroatoms. The third-order valence-electron chi connectivity index (χ3n) is 3.47. The van der Waals surface area contributed by atoms with Gasteiger partial charge in [-0.3, -0.25) is 20.1 Å². The molecule has 21 heavy (non-hydrogen) atoms. The Kier molecular flexibility index (Phi) is 4.59. The molecule has 1 unspecified atom stereocenters. The summed E-state index contributed by atoms with van der Waals surface area (Å²) in [4.78, 5) is 19.3. The third kappa shape index (κ3) is 3.41.